The van der Waals surface area contributed by atoms with E-state index in [0.717, 1.165) is 10.2 Å². The molecule has 18 heavy (non-hydrogen) atoms. The van der Waals surface area contributed by atoms with Crippen molar-refractivity contribution < 1.29 is 0 Å². The molecule has 0 aliphatic heterocycles. The van der Waals surface area contributed by atoms with Crippen molar-refractivity contribution in [3.8, 4) is 0 Å². The number of hydrogen-bond acceptors (Lipinski definition) is 3. The molecular formula is C14H17BrN2S. The van der Waals surface area contributed by atoms with E-state index < -0.39 is 0 Å². The van der Waals surface area contributed by atoms with Gasteiger partial charge in [0.1, 0.15) is 0 Å². The molecule has 0 aliphatic rings. The molecule has 0 bridgehead atoms. The Hall–Kier alpha value is -0.840. The van der Waals surface area contributed by atoms with Gasteiger partial charge in [0, 0.05) is 37.1 Å². The summed E-state index contributed by atoms with van der Waals surface area (Å²) in [6.45, 7) is 0. The van der Waals surface area contributed by atoms with Crippen LogP contribution in [0.25, 0.3) is 0 Å². The Morgan fingerprint density at radius 2 is 1.83 bits per heavy atom. The van der Waals surface area contributed by atoms with Crippen LogP contribution in [0.3, 0.4) is 0 Å². The summed E-state index contributed by atoms with van der Waals surface area (Å²) in [5, 5.41) is 0. The first kappa shape index (κ1) is 13.6. The fraction of sp³-hybridized carbons (Fsp3) is 0.286. The van der Waals surface area contributed by atoms with Crippen molar-refractivity contribution >= 4 is 33.0 Å². The predicted octanol–water partition coefficient (Wildman–Crippen LogP) is 3.82. The highest BCUT2D eigenvalue weighted by Gasteiger charge is 2.09. The number of thiophene rings is 1. The molecule has 96 valence electrons. The summed E-state index contributed by atoms with van der Waals surface area (Å²) >= 11 is 5.22. The fourth-order valence-electron chi connectivity index (χ4n) is 1.82. The highest BCUT2D eigenvalue weighted by molar-refractivity contribution is 9.11. The minimum absolute atomic E-state index is 0.0618. The van der Waals surface area contributed by atoms with Crippen molar-refractivity contribution in [3.05, 3.63) is 50.6 Å². The summed E-state index contributed by atoms with van der Waals surface area (Å²) in [6, 6.07) is 12.7. The molecule has 1 atom stereocenters. The lowest BCUT2D eigenvalue weighted by Gasteiger charge is -2.15. The Kier molecular flexibility index (Phi) is 4.43. The normalized spacial score (nSPS) is 12.4. The molecule has 0 saturated heterocycles. The van der Waals surface area contributed by atoms with E-state index in [9.17, 15) is 0 Å². The average Bonchev–Trinajstić information content (AvgIpc) is 2.75. The van der Waals surface area contributed by atoms with E-state index in [4.69, 9.17) is 5.73 Å². The van der Waals surface area contributed by atoms with Gasteiger partial charge in [0.05, 0.1) is 3.79 Å². The van der Waals surface area contributed by atoms with E-state index in [-0.39, 0.29) is 6.04 Å². The zero-order valence-electron chi connectivity index (χ0n) is 10.6. The Bertz CT molecular complexity index is 505. The van der Waals surface area contributed by atoms with E-state index in [2.05, 4.69) is 57.2 Å². The average molecular weight is 325 g/mol. The summed E-state index contributed by atoms with van der Waals surface area (Å²) in [4.78, 5) is 3.40. The fourth-order valence-corrected chi connectivity index (χ4v) is 3.36. The van der Waals surface area contributed by atoms with Crippen molar-refractivity contribution in [2.75, 3.05) is 19.0 Å². The smallest absolute Gasteiger partial charge is 0.0701 e. The maximum atomic E-state index is 6.24. The number of hydrogen-bond donors (Lipinski definition) is 1. The Morgan fingerprint density at radius 3 is 2.33 bits per heavy atom. The van der Waals surface area contributed by atoms with Crippen LogP contribution in [0.15, 0.2) is 40.2 Å². The molecule has 0 aliphatic carbocycles. The van der Waals surface area contributed by atoms with Gasteiger partial charge in [-0.1, -0.05) is 12.1 Å². The monoisotopic (exact) mass is 324 g/mol. The first-order chi connectivity index (χ1) is 8.56. The molecule has 0 radical (unpaired) electrons. The molecule has 1 aromatic carbocycles. The highest BCUT2D eigenvalue weighted by atomic mass is 79.9. The molecule has 0 saturated carbocycles. The zero-order valence-corrected chi connectivity index (χ0v) is 13.0. The predicted molar refractivity (Wildman–Crippen MR) is 83.4 cm³/mol. The van der Waals surface area contributed by atoms with Gasteiger partial charge in [0.2, 0.25) is 0 Å². The van der Waals surface area contributed by atoms with Crippen LogP contribution in [0.5, 0.6) is 0 Å². The number of rotatable bonds is 4. The molecule has 2 nitrogen and oxygen atoms in total. The van der Waals surface area contributed by atoms with Crippen LogP contribution in [-0.2, 0) is 6.42 Å². The maximum Gasteiger partial charge on any atom is 0.0701 e. The molecule has 1 heterocycles. The molecular weight excluding hydrogens is 308 g/mol. The third-order valence-electron chi connectivity index (χ3n) is 2.89. The van der Waals surface area contributed by atoms with Crippen LogP contribution < -0.4 is 10.6 Å². The number of nitrogens with two attached hydrogens (primary N) is 1. The van der Waals surface area contributed by atoms with Crippen LogP contribution >= 0.6 is 27.3 Å². The topological polar surface area (TPSA) is 29.3 Å². The van der Waals surface area contributed by atoms with Crippen molar-refractivity contribution in [1.82, 2.24) is 0 Å². The second-order valence-corrected chi connectivity index (χ2v) is 7.05. The van der Waals surface area contributed by atoms with Crippen molar-refractivity contribution in [1.29, 1.82) is 0 Å². The lowest BCUT2D eigenvalue weighted by molar-refractivity contribution is 0.730. The van der Waals surface area contributed by atoms with Gasteiger partial charge in [0.25, 0.3) is 0 Å². The summed E-state index contributed by atoms with van der Waals surface area (Å²) in [6.07, 6.45) is 0.886. The van der Waals surface area contributed by atoms with Gasteiger partial charge in [-0.05, 0) is 45.8 Å². The summed E-state index contributed by atoms with van der Waals surface area (Å²) in [5.74, 6) is 0. The van der Waals surface area contributed by atoms with Gasteiger partial charge in [-0.2, -0.15) is 0 Å². The molecule has 2 rings (SSSR count). The third kappa shape index (κ3) is 3.34. The Morgan fingerprint density at radius 1 is 1.17 bits per heavy atom. The second kappa shape index (κ2) is 5.87. The van der Waals surface area contributed by atoms with Crippen molar-refractivity contribution in [3.63, 3.8) is 0 Å². The maximum absolute atomic E-state index is 6.24. The van der Waals surface area contributed by atoms with E-state index in [0.29, 0.717) is 0 Å². The lowest BCUT2D eigenvalue weighted by atomic mass is 10.0. The van der Waals surface area contributed by atoms with Gasteiger partial charge in [-0.3, -0.25) is 0 Å². The first-order valence-corrected chi connectivity index (χ1v) is 7.44. The SMILES string of the molecule is CN(C)c1ccc(C(N)Cc2ccc(Br)s2)cc1. The van der Waals surface area contributed by atoms with Crippen LogP contribution in [0.4, 0.5) is 5.69 Å². The van der Waals surface area contributed by atoms with Gasteiger partial charge in [-0.15, -0.1) is 11.3 Å². The van der Waals surface area contributed by atoms with Crippen LogP contribution in [0.1, 0.15) is 16.5 Å². The number of anilines is 1. The summed E-state index contributed by atoms with van der Waals surface area (Å²) in [7, 11) is 4.08. The molecule has 2 N–H and O–H groups in total. The minimum Gasteiger partial charge on any atom is -0.378 e. The van der Waals surface area contributed by atoms with Gasteiger partial charge < -0.3 is 10.6 Å². The van der Waals surface area contributed by atoms with Crippen LogP contribution in [-0.4, -0.2) is 14.1 Å². The van der Waals surface area contributed by atoms with Gasteiger partial charge >= 0.3 is 0 Å². The molecule has 1 aromatic heterocycles. The molecule has 4 heteroatoms. The molecule has 2 aromatic rings. The quantitative estimate of drug-likeness (QED) is 0.926. The van der Waals surface area contributed by atoms with Crippen molar-refractivity contribution in [2.24, 2.45) is 5.73 Å². The van der Waals surface area contributed by atoms with Crippen molar-refractivity contribution in [2.45, 2.75) is 12.5 Å². The number of halogens is 1. The van der Waals surface area contributed by atoms with Gasteiger partial charge in [0.15, 0.2) is 0 Å². The molecule has 0 amide bonds. The third-order valence-corrected chi connectivity index (χ3v) is 4.53. The Labute approximate surface area is 121 Å². The number of nitrogens with zero attached hydrogens (tertiary/aromatic N) is 1. The summed E-state index contributed by atoms with van der Waals surface area (Å²) < 4.78 is 1.16. The zero-order chi connectivity index (χ0) is 13.1. The standard InChI is InChI=1S/C14H17BrN2S/c1-17(2)11-5-3-10(4-6-11)13(16)9-12-7-8-14(15)18-12/h3-8,13H,9,16H2,1-2H3. The second-order valence-electron chi connectivity index (χ2n) is 4.50. The van der Waals surface area contributed by atoms with E-state index in [1.165, 1.54) is 16.1 Å². The van der Waals surface area contributed by atoms with E-state index in [1.54, 1.807) is 11.3 Å². The van der Waals surface area contributed by atoms with Crippen LogP contribution in [0, 0.1) is 0 Å². The van der Waals surface area contributed by atoms with E-state index in [1.807, 2.05) is 14.1 Å². The summed E-state index contributed by atoms with van der Waals surface area (Å²) in [5.41, 5.74) is 8.62. The lowest BCUT2D eigenvalue weighted by Crippen LogP contribution is -2.13. The number of benzene rings is 1. The van der Waals surface area contributed by atoms with E-state index >= 15 is 0 Å². The molecule has 1 unspecified atom stereocenters. The van der Waals surface area contributed by atoms with Gasteiger partial charge in [-0.25, -0.2) is 0 Å². The molecule has 0 fully saturated rings. The first-order valence-electron chi connectivity index (χ1n) is 5.83. The van der Waals surface area contributed by atoms with Crippen LogP contribution in [0.2, 0.25) is 0 Å². The highest BCUT2D eigenvalue weighted by Crippen LogP contribution is 2.26. The molecule has 0 spiro atoms. The Balaban J connectivity index is 2.06. The largest absolute Gasteiger partial charge is 0.378 e. The minimum atomic E-state index is 0.0618.